The van der Waals surface area contributed by atoms with E-state index in [1.807, 2.05) is 0 Å². The van der Waals surface area contributed by atoms with E-state index >= 15 is 0 Å². The van der Waals surface area contributed by atoms with E-state index in [9.17, 15) is 19.4 Å². The molecular formula is C15H18FN5O4. The molecule has 1 saturated heterocycles. The molecule has 2 unspecified atom stereocenters. The Hall–Kier alpha value is -2.45. The Bertz CT molecular complexity index is 943. The van der Waals surface area contributed by atoms with Crippen LogP contribution in [0.3, 0.4) is 0 Å². The zero-order valence-electron chi connectivity index (χ0n) is 13.5. The van der Waals surface area contributed by atoms with Gasteiger partial charge in [-0.1, -0.05) is 5.92 Å². The monoisotopic (exact) mass is 351 g/mol. The zero-order chi connectivity index (χ0) is 18.5. The molecule has 1 aliphatic rings. The quantitative estimate of drug-likeness (QED) is 0.426. The summed E-state index contributed by atoms with van der Waals surface area (Å²) in [6.45, 7) is 2.94. The number of fused-ring (bicyclic) bond motifs is 1. The van der Waals surface area contributed by atoms with Crippen molar-refractivity contribution in [2.45, 2.75) is 43.9 Å². The molecule has 1 fully saturated rings. The summed E-state index contributed by atoms with van der Waals surface area (Å²) in [6, 6.07) is 0. The van der Waals surface area contributed by atoms with Gasteiger partial charge in [0.1, 0.15) is 17.6 Å². The molecule has 7 N–H and O–H groups in total. The maximum absolute atomic E-state index is 14.3. The lowest BCUT2D eigenvalue weighted by molar-refractivity contribution is -0.0756. The Morgan fingerprint density at radius 1 is 1.60 bits per heavy atom. The number of aromatic amines is 1. The number of rotatable bonds is 2. The number of nitrogens with zero attached hydrogens (tertiary/aromatic N) is 2. The van der Waals surface area contributed by atoms with E-state index in [1.54, 1.807) is 0 Å². The van der Waals surface area contributed by atoms with Crippen molar-refractivity contribution >= 4 is 17.0 Å². The number of nitrogen functional groups attached to an aromatic ring is 1. The lowest BCUT2D eigenvalue weighted by Gasteiger charge is -2.28. The number of anilines is 1. The van der Waals surface area contributed by atoms with Crippen LogP contribution in [0.1, 0.15) is 20.1 Å². The minimum Gasteiger partial charge on any atom is -0.391 e. The predicted octanol–water partition coefficient (Wildman–Crippen LogP) is -1.19. The largest absolute Gasteiger partial charge is 0.391 e. The second kappa shape index (κ2) is 5.82. The van der Waals surface area contributed by atoms with Crippen molar-refractivity contribution in [2.24, 2.45) is 5.73 Å². The first kappa shape index (κ1) is 17.4. The van der Waals surface area contributed by atoms with Crippen LogP contribution in [0, 0.1) is 17.7 Å². The van der Waals surface area contributed by atoms with Crippen LogP contribution >= 0.6 is 0 Å². The molecule has 0 amide bonds. The van der Waals surface area contributed by atoms with Crippen molar-refractivity contribution in [3.05, 3.63) is 22.4 Å². The van der Waals surface area contributed by atoms with E-state index in [0.29, 0.717) is 0 Å². The van der Waals surface area contributed by atoms with Crippen LogP contribution in [0.15, 0.2) is 11.0 Å². The molecule has 2 aromatic rings. The Balaban J connectivity index is 2.25. The summed E-state index contributed by atoms with van der Waals surface area (Å²) < 4.78 is 21.1. The normalized spacial score (nSPS) is 30.2. The van der Waals surface area contributed by atoms with Gasteiger partial charge in [0.15, 0.2) is 23.2 Å². The third kappa shape index (κ3) is 2.49. The van der Waals surface area contributed by atoms with Gasteiger partial charge in [-0.15, -0.1) is 5.92 Å². The fourth-order valence-corrected chi connectivity index (χ4v) is 3.09. The molecule has 10 heteroatoms. The van der Waals surface area contributed by atoms with Crippen LogP contribution in [0.4, 0.5) is 10.3 Å². The number of aromatic nitrogens is 3. The van der Waals surface area contributed by atoms with Crippen molar-refractivity contribution in [1.29, 1.82) is 0 Å². The number of halogens is 1. The van der Waals surface area contributed by atoms with Gasteiger partial charge in [0.05, 0.1) is 6.10 Å². The smallest absolute Gasteiger partial charge is 0.264 e. The fraction of sp³-hybridized carbons (Fsp3) is 0.467. The molecule has 0 spiro atoms. The fourth-order valence-electron chi connectivity index (χ4n) is 3.09. The summed E-state index contributed by atoms with van der Waals surface area (Å²) >= 11 is 0. The second-order valence-electron chi connectivity index (χ2n) is 5.98. The summed E-state index contributed by atoms with van der Waals surface area (Å²) in [5.74, 6) is 4.19. The van der Waals surface area contributed by atoms with E-state index in [1.165, 1.54) is 13.8 Å². The summed E-state index contributed by atoms with van der Waals surface area (Å²) in [7, 11) is 0. The van der Waals surface area contributed by atoms with Crippen LogP contribution in [0.2, 0.25) is 0 Å². The average Bonchev–Trinajstić information content (AvgIpc) is 2.96. The maximum Gasteiger partial charge on any atom is 0.264 e. The number of nitrogens with one attached hydrogen (secondary N) is 1. The molecule has 3 rings (SSSR count). The molecule has 2 aromatic heterocycles. The van der Waals surface area contributed by atoms with Crippen molar-refractivity contribution < 1.29 is 19.3 Å². The number of nitrogens with two attached hydrogens (primary N) is 2. The summed E-state index contributed by atoms with van der Waals surface area (Å²) in [5, 5.41) is 20.0. The first-order chi connectivity index (χ1) is 11.7. The molecule has 0 bridgehead atoms. The molecular weight excluding hydrogens is 333 g/mol. The van der Waals surface area contributed by atoms with Crippen LogP contribution in [-0.4, -0.2) is 48.6 Å². The molecule has 3 heterocycles. The zero-order valence-corrected chi connectivity index (χ0v) is 13.5. The number of ether oxygens (including phenoxy) is 1. The molecule has 0 aromatic carbocycles. The standard InChI is InChI=1S/C15H18FN5O4/c1-3-4-15(18)10(23)9(6(2)22)25-13(15)21-5-7(16)8-11(21)19-14(17)20-12(8)24/h5-6,9-10,13,22-23H,18H2,1-2H3,(H3,17,19,20,24)/t6-,9+,10?,13+,15?/m0/s1. The van der Waals surface area contributed by atoms with Gasteiger partial charge in [0.25, 0.3) is 5.56 Å². The highest BCUT2D eigenvalue weighted by atomic mass is 19.1. The molecule has 9 nitrogen and oxygen atoms in total. The number of H-pyrrole nitrogens is 1. The second-order valence-corrected chi connectivity index (χ2v) is 5.98. The van der Waals surface area contributed by atoms with E-state index in [0.717, 1.165) is 10.8 Å². The number of aliphatic hydroxyl groups excluding tert-OH is 2. The van der Waals surface area contributed by atoms with Gasteiger partial charge >= 0.3 is 0 Å². The number of hydrogen-bond donors (Lipinski definition) is 5. The van der Waals surface area contributed by atoms with E-state index < -0.39 is 41.5 Å². The van der Waals surface area contributed by atoms with E-state index in [2.05, 4.69) is 21.8 Å². The van der Waals surface area contributed by atoms with Gasteiger partial charge in [0, 0.05) is 6.20 Å². The summed E-state index contributed by atoms with van der Waals surface area (Å²) in [5.41, 5.74) is 9.27. The SMILES string of the molecule is CC#CC1(N)C(O)[C@@H]([C@H](C)O)O[C@H]1n1cc(F)c2c(=O)[nH]c(N)nc21. The lowest BCUT2D eigenvalue weighted by atomic mass is 9.90. The molecule has 25 heavy (non-hydrogen) atoms. The first-order valence-corrected chi connectivity index (χ1v) is 7.51. The van der Waals surface area contributed by atoms with Gasteiger partial charge in [-0.25, -0.2) is 4.39 Å². The van der Waals surface area contributed by atoms with Crippen LogP contribution in [0.5, 0.6) is 0 Å². The van der Waals surface area contributed by atoms with Gasteiger partial charge in [-0.3, -0.25) is 14.3 Å². The molecule has 5 atom stereocenters. The van der Waals surface area contributed by atoms with Crippen LogP contribution in [-0.2, 0) is 4.74 Å². The third-order valence-corrected chi connectivity index (χ3v) is 4.22. The average molecular weight is 351 g/mol. The highest BCUT2D eigenvalue weighted by Gasteiger charge is 2.56. The lowest BCUT2D eigenvalue weighted by Crippen LogP contribution is -2.54. The Kier molecular flexibility index (Phi) is 4.04. The van der Waals surface area contributed by atoms with E-state index in [4.69, 9.17) is 16.2 Å². The van der Waals surface area contributed by atoms with Gasteiger partial charge < -0.3 is 26.4 Å². The Labute approximate surface area is 141 Å². The summed E-state index contributed by atoms with van der Waals surface area (Å²) in [4.78, 5) is 18.1. The predicted molar refractivity (Wildman–Crippen MR) is 86.7 cm³/mol. The molecule has 0 radical (unpaired) electrons. The highest BCUT2D eigenvalue weighted by molar-refractivity contribution is 5.77. The number of hydrogen-bond acceptors (Lipinski definition) is 7. The number of aliphatic hydroxyl groups is 2. The van der Waals surface area contributed by atoms with Gasteiger partial charge in [-0.05, 0) is 13.8 Å². The van der Waals surface area contributed by atoms with Crippen LogP contribution < -0.4 is 17.0 Å². The third-order valence-electron chi connectivity index (χ3n) is 4.22. The van der Waals surface area contributed by atoms with Crippen molar-refractivity contribution in [3.63, 3.8) is 0 Å². The van der Waals surface area contributed by atoms with Gasteiger partial charge in [0.2, 0.25) is 5.95 Å². The Morgan fingerprint density at radius 2 is 2.28 bits per heavy atom. The molecule has 134 valence electrons. The molecule has 0 saturated carbocycles. The van der Waals surface area contributed by atoms with Crippen molar-refractivity contribution in [3.8, 4) is 11.8 Å². The first-order valence-electron chi connectivity index (χ1n) is 7.51. The minimum atomic E-state index is -1.66. The molecule has 1 aliphatic heterocycles. The molecule has 0 aliphatic carbocycles. The maximum atomic E-state index is 14.3. The van der Waals surface area contributed by atoms with Crippen molar-refractivity contribution in [1.82, 2.24) is 14.5 Å². The highest BCUT2D eigenvalue weighted by Crippen LogP contribution is 2.39. The summed E-state index contributed by atoms with van der Waals surface area (Å²) in [6.07, 6.45) is -3.70. The minimum absolute atomic E-state index is 0.102. The Morgan fingerprint density at radius 3 is 2.88 bits per heavy atom. The van der Waals surface area contributed by atoms with Gasteiger partial charge in [-0.2, -0.15) is 4.98 Å². The van der Waals surface area contributed by atoms with Crippen molar-refractivity contribution in [2.75, 3.05) is 5.73 Å². The van der Waals surface area contributed by atoms with Crippen LogP contribution in [0.25, 0.3) is 11.0 Å². The van der Waals surface area contributed by atoms with E-state index in [-0.39, 0.29) is 17.0 Å². The topological polar surface area (TPSA) is 152 Å².